The number of aryl methyl sites for hydroxylation is 3. The molecule has 284 valence electrons. The summed E-state index contributed by atoms with van der Waals surface area (Å²) in [5.41, 5.74) is 5.49. The number of benzene rings is 3. The van der Waals surface area contributed by atoms with Gasteiger partial charge in [-0.3, -0.25) is 9.11 Å². The first kappa shape index (κ1) is 43.7. The van der Waals surface area contributed by atoms with Crippen LogP contribution >= 0.6 is 46.4 Å². The Labute approximate surface area is 327 Å². The van der Waals surface area contributed by atoms with Gasteiger partial charge >= 0.3 is 0 Å². The van der Waals surface area contributed by atoms with E-state index in [1.54, 1.807) is 24.3 Å². The van der Waals surface area contributed by atoms with Crippen molar-refractivity contribution in [3.8, 4) is 0 Å². The molecule has 3 aromatic carbocycles. The van der Waals surface area contributed by atoms with Crippen LogP contribution < -0.4 is 9.80 Å². The fraction of sp³-hybridized carbons (Fsp3) is 0.351. The number of hydrogen-bond donors (Lipinski definition) is 2. The van der Waals surface area contributed by atoms with Crippen molar-refractivity contribution in [2.45, 2.75) is 60.4 Å². The van der Waals surface area contributed by atoms with Crippen LogP contribution in [0.5, 0.6) is 0 Å². The molecule has 0 bridgehead atoms. The zero-order valence-electron chi connectivity index (χ0n) is 28.5. The molecule has 5 rings (SSSR count). The van der Waals surface area contributed by atoms with Crippen molar-refractivity contribution >= 4 is 95.0 Å². The van der Waals surface area contributed by atoms with Crippen LogP contribution in [0.1, 0.15) is 57.9 Å². The molecule has 0 spiro atoms. The highest BCUT2D eigenvalue weighted by Crippen LogP contribution is 2.45. The van der Waals surface area contributed by atoms with Crippen LogP contribution in [-0.2, 0) is 39.6 Å². The molecule has 52 heavy (non-hydrogen) atoms. The number of halogens is 4. The Morgan fingerprint density at radius 2 is 1.29 bits per heavy atom. The summed E-state index contributed by atoms with van der Waals surface area (Å²) in [5.74, 6) is -0.0295. The third kappa shape index (κ3) is 11.1. The van der Waals surface area contributed by atoms with E-state index in [0.29, 0.717) is 39.6 Å². The molecule has 0 saturated heterocycles. The largest absolute Gasteiger partial charge is 0.341 e. The van der Waals surface area contributed by atoms with Gasteiger partial charge in [0.2, 0.25) is 0 Å². The first-order valence-electron chi connectivity index (χ1n) is 16.4. The standard InChI is InChI=1S/C28H31Cl4N3O6S2.C8H10.CH4/c1-3-33-24(18(8-6-12-42(36,37)38)19-14-20(29)21(30)15-25(19)33)9-5-10-28-34(4-2)26-16-22(31)23(32)17-27(26)35(28)11-7-13-43(39,40)41;1-2-8-6-4-3-5-7-8;/h5,9-10,14-17H,3-4,6-8,11-13H2,1-2H3,(H,36,37,38)(H,39,40,41);3-7H,2H2,1H3;1H4/b9-5+,28-10+;;. The minimum Gasteiger partial charge on any atom is -0.341 e. The molecule has 0 unspecified atom stereocenters. The van der Waals surface area contributed by atoms with Gasteiger partial charge in [-0.15, -0.1) is 0 Å². The fourth-order valence-corrected chi connectivity index (χ4v) is 7.74. The molecule has 1 aliphatic heterocycles. The lowest BCUT2D eigenvalue weighted by Crippen LogP contribution is -2.29. The van der Waals surface area contributed by atoms with Crippen LogP contribution in [-0.4, -0.2) is 55.1 Å². The molecular formula is C37H45Cl4N3O6S2. The quantitative estimate of drug-likeness (QED) is 0.128. The number of rotatable bonds is 13. The number of nitrogens with zero attached hydrogens (tertiary/aromatic N) is 3. The van der Waals surface area contributed by atoms with Gasteiger partial charge < -0.3 is 14.4 Å². The van der Waals surface area contributed by atoms with Crippen LogP contribution in [0.3, 0.4) is 0 Å². The molecule has 2 heterocycles. The molecule has 0 aliphatic carbocycles. The van der Waals surface area contributed by atoms with Crippen molar-refractivity contribution < 1.29 is 25.9 Å². The molecule has 1 aromatic heterocycles. The highest BCUT2D eigenvalue weighted by molar-refractivity contribution is 7.86. The number of allylic oxidation sites excluding steroid dienone is 2. The van der Waals surface area contributed by atoms with Crippen molar-refractivity contribution in [1.82, 2.24) is 4.57 Å². The van der Waals surface area contributed by atoms with E-state index in [1.807, 2.05) is 47.9 Å². The molecule has 4 aromatic rings. The molecule has 2 N–H and O–H groups in total. The molecule has 0 amide bonds. The maximum Gasteiger partial charge on any atom is 0.264 e. The second kappa shape index (κ2) is 19.0. The SMILES string of the molecule is C.CCN1/C(=C\C=C\c2c(CCCS(=O)(=O)O)c3cc(Cl)c(Cl)cc3n2CC)N(CCCS(=O)(=O)O)c2cc(Cl)c(Cl)cc21.CCc1ccccc1. The van der Waals surface area contributed by atoms with Gasteiger partial charge in [-0.2, -0.15) is 16.8 Å². The molecule has 0 radical (unpaired) electrons. The minimum atomic E-state index is -4.14. The fourth-order valence-electron chi connectivity index (χ4n) is 6.10. The van der Waals surface area contributed by atoms with Crippen molar-refractivity contribution in [3.05, 3.63) is 109 Å². The summed E-state index contributed by atoms with van der Waals surface area (Å²) < 4.78 is 66.3. The third-order valence-corrected chi connectivity index (χ3v) is 11.5. The van der Waals surface area contributed by atoms with Gasteiger partial charge in [-0.25, -0.2) is 0 Å². The lowest BCUT2D eigenvalue weighted by atomic mass is 10.1. The highest BCUT2D eigenvalue weighted by atomic mass is 35.5. The second-order valence-corrected chi connectivity index (χ2v) is 16.6. The summed E-state index contributed by atoms with van der Waals surface area (Å²) in [7, 11) is -8.27. The van der Waals surface area contributed by atoms with Gasteiger partial charge in [-0.1, -0.05) is 97.2 Å². The summed E-state index contributed by atoms with van der Waals surface area (Å²) in [6.45, 7) is 7.57. The second-order valence-electron chi connectivity index (χ2n) is 11.8. The van der Waals surface area contributed by atoms with Crippen molar-refractivity contribution in [1.29, 1.82) is 0 Å². The number of fused-ring (bicyclic) bond motifs is 2. The summed E-state index contributed by atoms with van der Waals surface area (Å²) in [4.78, 5) is 3.95. The van der Waals surface area contributed by atoms with Gasteiger partial charge in [0.25, 0.3) is 20.2 Å². The normalized spacial score (nSPS) is 13.8. The van der Waals surface area contributed by atoms with E-state index in [9.17, 15) is 25.9 Å². The Morgan fingerprint density at radius 1 is 0.731 bits per heavy atom. The van der Waals surface area contributed by atoms with Gasteiger partial charge in [0.15, 0.2) is 0 Å². The highest BCUT2D eigenvalue weighted by Gasteiger charge is 2.31. The Morgan fingerprint density at radius 3 is 1.83 bits per heavy atom. The first-order valence-corrected chi connectivity index (χ1v) is 21.2. The van der Waals surface area contributed by atoms with Crippen molar-refractivity contribution in [2.75, 3.05) is 34.4 Å². The zero-order valence-corrected chi connectivity index (χ0v) is 33.1. The monoisotopic (exact) mass is 831 g/mol. The predicted octanol–water partition coefficient (Wildman–Crippen LogP) is 10.5. The maximum absolute atomic E-state index is 11.4. The van der Waals surface area contributed by atoms with Gasteiger partial charge in [0, 0.05) is 30.7 Å². The van der Waals surface area contributed by atoms with E-state index in [1.165, 1.54) is 5.56 Å². The van der Waals surface area contributed by atoms with Crippen LogP contribution in [0.2, 0.25) is 20.1 Å². The van der Waals surface area contributed by atoms with E-state index < -0.39 is 26.0 Å². The summed E-state index contributed by atoms with van der Waals surface area (Å²) >= 11 is 25.4. The average Bonchev–Trinajstić information content (AvgIpc) is 3.50. The van der Waals surface area contributed by atoms with E-state index >= 15 is 0 Å². The van der Waals surface area contributed by atoms with Crippen LogP contribution in [0, 0.1) is 0 Å². The maximum atomic E-state index is 11.4. The summed E-state index contributed by atoms with van der Waals surface area (Å²) in [5, 5.41) is 2.33. The number of anilines is 2. The first-order chi connectivity index (χ1) is 24.1. The van der Waals surface area contributed by atoms with E-state index in [4.69, 9.17) is 46.4 Å². The molecule has 9 nitrogen and oxygen atoms in total. The number of aromatic nitrogens is 1. The molecule has 0 fully saturated rings. The molecule has 0 atom stereocenters. The topological polar surface area (TPSA) is 120 Å². The average molecular weight is 834 g/mol. The van der Waals surface area contributed by atoms with E-state index in [0.717, 1.165) is 45.8 Å². The van der Waals surface area contributed by atoms with Crippen LogP contribution in [0.15, 0.2) is 72.6 Å². The Kier molecular flexibility index (Phi) is 16.0. The predicted molar refractivity (Wildman–Crippen MR) is 220 cm³/mol. The smallest absolute Gasteiger partial charge is 0.264 e. The van der Waals surface area contributed by atoms with Crippen LogP contribution in [0.4, 0.5) is 11.4 Å². The van der Waals surface area contributed by atoms with Crippen molar-refractivity contribution in [3.63, 3.8) is 0 Å². The van der Waals surface area contributed by atoms with Gasteiger partial charge in [-0.05, 0) is 87.1 Å². The Bertz CT molecular complexity index is 2140. The number of hydrogen-bond acceptors (Lipinski definition) is 6. The van der Waals surface area contributed by atoms with E-state index in [2.05, 4.69) is 35.8 Å². The molecular weight excluding hydrogens is 788 g/mol. The van der Waals surface area contributed by atoms with E-state index in [-0.39, 0.29) is 32.6 Å². The van der Waals surface area contributed by atoms with Crippen LogP contribution in [0.25, 0.3) is 17.0 Å². The molecule has 0 saturated carbocycles. The lowest BCUT2D eigenvalue weighted by molar-refractivity contribution is 0.479. The summed E-state index contributed by atoms with van der Waals surface area (Å²) in [6.07, 6.45) is 7.53. The third-order valence-electron chi connectivity index (χ3n) is 8.40. The Hall–Kier alpha value is -2.74. The Balaban J connectivity index is 0.000000715. The molecule has 15 heteroatoms. The summed E-state index contributed by atoms with van der Waals surface area (Å²) in [6, 6.07) is 17.5. The lowest BCUT2D eigenvalue weighted by Gasteiger charge is -2.24. The van der Waals surface area contributed by atoms with Gasteiger partial charge in [0.1, 0.15) is 5.82 Å². The molecule has 1 aliphatic rings. The van der Waals surface area contributed by atoms with Crippen molar-refractivity contribution in [2.24, 2.45) is 0 Å². The van der Waals surface area contributed by atoms with Gasteiger partial charge in [0.05, 0.1) is 48.5 Å². The minimum absolute atomic E-state index is 0. The zero-order chi connectivity index (χ0) is 37.5.